The van der Waals surface area contributed by atoms with Crippen molar-refractivity contribution in [3.8, 4) is 17.2 Å². The molecule has 0 aliphatic carbocycles. The third kappa shape index (κ3) is 9.12. The number of benzene rings is 2. The Morgan fingerprint density at radius 3 is 2.00 bits per heavy atom. The molecule has 166 valence electrons. The summed E-state index contributed by atoms with van der Waals surface area (Å²) in [6.45, 7) is 2.27. The molecule has 9 nitrogen and oxygen atoms in total. The first kappa shape index (κ1) is 25.2. The third-order valence-electron chi connectivity index (χ3n) is 3.16. The molecule has 13 heteroatoms. The fourth-order valence-corrected chi connectivity index (χ4v) is 2.17. The van der Waals surface area contributed by atoms with Crippen LogP contribution in [0.2, 0.25) is 0 Å². The van der Waals surface area contributed by atoms with E-state index in [1.165, 1.54) is 44.6 Å². The van der Waals surface area contributed by atoms with Crippen LogP contribution in [0.15, 0.2) is 42.5 Å². The average molecular weight is 452 g/mol. The minimum absolute atomic E-state index is 0.0990. The summed E-state index contributed by atoms with van der Waals surface area (Å²) < 4.78 is 63.9. The van der Waals surface area contributed by atoms with Gasteiger partial charge in [-0.2, -0.15) is 0 Å². The summed E-state index contributed by atoms with van der Waals surface area (Å²) in [6, 6.07) is 8.96. The molecule has 0 atom stereocenters. The Morgan fingerprint density at radius 2 is 1.57 bits per heavy atom. The Hall–Kier alpha value is -2.82. The molecule has 2 rings (SSSR count). The molecular weight excluding hydrogens is 432 g/mol. The number of ether oxygens (including phenoxy) is 2. The fourth-order valence-electron chi connectivity index (χ4n) is 2.00. The van der Waals surface area contributed by atoms with Crippen LogP contribution in [0, 0.1) is 10.1 Å². The number of anilines is 1. The number of hydrogen-bond acceptors (Lipinski definition) is 8. The van der Waals surface area contributed by atoms with Gasteiger partial charge in [0, 0.05) is 32.9 Å². The normalized spacial score (nSPS) is 10.8. The summed E-state index contributed by atoms with van der Waals surface area (Å²) in [5.41, 5.74) is 0.190. The second-order valence-corrected chi connectivity index (χ2v) is 6.56. The topological polar surface area (TPSA) is 109 Å². The zero-order valence-corrected chi connectivity index (χ0v) is 17.2. The lowest BCUT2D eigenvalue weighted by Gasteiger charge is -2.11. The van der Waals surface area contributed by atoms with Crippen LogP contribution < -0.4 is 14.8 Å². The van der Waals surface area contributed by atoms with E-state index in [4.69, 9.17) is 4.74 Å². The van der Waals surface area contributed by atoms with E-state index in [1.54, 1.807) is 6.92 Å². The van der Waals surface area contributed by atoms with Gasteiger partial charge in [0.15, 0.2) is 0 Å². The molecule has 0 aliphatic heterocycles. The predicted octanol–water partition coefficient (Wildman–Crippen LogP) is 5.39. The van der Waals surface area contributed by atoms with Gasteiger partial charge >= 0.3 is 14.6 Å². The number of rotatable bonds is 8. The first-order valence-electron chi connectivity index (χ1n) is 8.27. The molecule has 0 heterocycles. The molecule has 0 aromatic heterocycles. The van der Waals surface area contributed by atoms with Gasteiger partial charge in [0.25, 0.3) is 5.69 Å². The van der Waals surface area contributed by atoms with Crippen molar-refractivity contribution in [3.63, 3.8) is 0 Å². The first-order valence-corrected chi connectivity index (χ1v) is 9.50. The molecule has 30 heavy (non-hydrogen) atoms. The molecule has 0 fully saturated rings. The molecule has 0 saturated carbocycles. The lowest BCUT2D eigenvalue weighted by atomic mass is 10.2. The highest BCUT2D eigenvalue weighted by atomic mass is 31.1. The van der Waals surface area contributed by atoms with E-state index in [1.807, 2.05) is 0 Å². The van der Waals surface area contributed by atoms with Crippen molar-refractivity contribution in [3.05, 3.63) is 52.6 Å². The summed E-state index contributed by atoms with van der Waals surface area (Å²) in [4.78, 5) is 10.4. The molecule has 2 aromatic carbocycles. The summed E-state index contributed by atoms with van der Waals surface area (Å²) in [6.07, 6.45) is -4.76. The molecule has 0 saturated heterocycles. The second-order valence-electron chi connectivity index (χ2n) is 5.25. The Kier molecular flexibility index (Phi) is 10.1. The maximum absolute atomic E-state index is 12.1. The Bertz CT molecular complexity index is 842. The van der Waals surface area contributed by atoms with Crippen LogP contribution >= 0.6 is 8.25 Å². The molecule has 2 aromatic rings. The maximum Gasteiger partial charge on any atom is 0.573 e. The Balaban J connectivity index is 0.000000656. The fraction of sp³-hybridized carbons (Fsp3) is 0.294. The van der Waals surface area contributed by atoms with Crippen molar-refractivity contribution in [1.29, 1.82) is 0 Å². The number of hydrogen-bond donors (Lipinski definition) is 1. The van der Waals surface area contributed by atoms with Crippen molar-refractivity contribution in [2.24, 2.45) is 0 Å². The van der Waals surface area contributed by atoms with Crippen LogP contribution in [0.25, 0.3) is 0 Å². The predicted molar refractivity (Wildman–Crippen MR) is 103 cm³/mol. The minimum atomic E-state index is -4.76. The van der Waals surface area contributed by atoms with Gasteiger partial charge in [-0.1, -0.05) is 0 Å². The van der Waals surface area contributed by atoms with Crippen molar-refractivity contribution in [2.75, 3.05) is 26.1 Å². The summed E-state index contributed by atoms with van der Waals surface area (Å²) in [7, 11) is 0.558. The maximum atomic E-state index is 12.1. The van der Waals surface area contributed by atoms with Crippen LogP contribution in [0.1, 0.15) is 6.92 Å². The summed E-state index contributed by atoms with van der Waals surface area (Å²) in [5.74, 6) is 0.203. The highest BCUT2D eigenvalue weighted by molar-refractivity contribution is 7.33. The lowest BCUT2D eigenvalue weighted by molar-refractivity contribution is -0.384. The van der Waals surface area contributed by atoms with Crippen LogP contribution in [0.5, 0.6) is 17.2 Å². The van der Waals surface area contributed by atoms with E-state index >= 15 is 0 Å². The van der Waals surface area contributed by atoms with Crippen molar-refractivity contribution >= 4 is 19.6 Å². The third-order valence-corrected chi connectivity index (χ3v) is 3.82. The van der Waals surface area contributed by atoms with E-state index in [2.05, 4.69) is 19.1 Å². The van der Waals surface area contributed by atoms with E-state index in [-0.39, 0.29) is 22.9 Å². The van der Waals surface area contributed by atoms with Gasteiger partial charge < -0.3 is 23.8 Å². The molecule has 0 radical (unpaired) electrons. The van der Waals surface area contributed by atoms with Gasteiger partial charge in [0.1, 0.15) is 22.9 Å². The van der Waals surface area contributed by atoms with Crippen LogP contribution in [0.4, 0.5) is 24.5 Å². The Labute approximate surface area is 170 Å². The smallest absolute Gasteiger partial charge is 0.457 e. The quantitative estimate of drug-likeness (QED) is 0.323. The van der Waals surface area contributed by atoms with Crippen molar-refractivity contribution in [2.45, 2.75) is 13.3 Å². The number of nitro groups is 1. The summed E-state index contributed by atoms with van der Waals surface area (Å²) >= 11 is 0. The monoisotopic (exact) mass is 452 g/mol. The van der Waals surface area contributed by atoms with Crippen LogP contribution in [-0.2, 0) is 13.6 Å². The number of nitrogens with one attached hydrogen (secondary N) is 1. The van der Waals surface area contributed by atoms with Gasteiger partial charge in [-0.3, -0.25) is 14.7 Å². The molecule has 0 aliphatic rings. The van der Waals surface area contributed by atoms with Gasteiger partial charge in [0.05, 0.1) is 4.92 Å². The van der Waals surface area contributed by atoms with Crippen LogP contribution in [0.3, 0.4) is 0 Å². The van der Waals surface area contributed by atoms with E-state index < -0.39 is 19.5 Å². The molecule has 0 amide bonds. The molecular formula is C17H20F3N2O7P. The average Bonchev–Trinajstić information content (AvgIpc) is 2.68. The highest BCUT2D eigenvalue weighted by Crippen LogP contribution is 2.32. The molecule has 1 N–H and O–H groups in total. The standard InChI is InChI=1S/C15H13F3N2O4.C2H7O3P/c1-2-19-13-9-12(7-8-14(13)20(21)22)23-10-3-5-11(6-4-10)24-15(16,17)18;1-4-6(3)5-2/h3-9,19H,2H2,1H3;6H,1-2H3. The number of alkyl halides is 3. The molecule has 0 bridgehead atoms. The summed E-state index contributed by atoms with van der Waals surface area (Å²) in [5, 5.41) is 13.8. The van der Waals surface area contributed by atoms with Gasteiger partial charge in [-0.25, -0.2) is 0 Å². The number of nitrogens with zero attached hydrogens (tertiary/aromatic N) is 1. The van der Waals surface area contributed by atoms with E-state index in [9.17, 15) is 27.9 Å². The van der Waals surface area contributed by atoms with Gasteiger partial charge in [0.2, 0.25) is 0 Å². The molecule has 0 unspecified atom stereocenters. The highest BCUT2D eigenvalue weighted by Gasteiger charge is 2.31. The Morgan fingerprint density at radius 1 is 1.03 bits per heavy atom. The largest absolute Gasteiger partial charge is 0.573 e. The van der Waals surface area contributed by atoms with E-state index in [0.29, 0.717) is 12.3 Å². The number of halogens is 3. The second kappa shape index (κ2) is 12.0. The number of nitro benzene ring substituents is 1. The first-order chi connectivity index (χ1) is 14.1. The van der Waals surface area contributed by atoms with Crippen molar-refractivity contribution in [1.82, 2.24) is 0 Å². The van der Waals surface area contributed by atoms with Crippen LogP contribution in [-0.4, -0.2) is 32.1 Å². The zero-order valence-electron chi connectivity index (χ0n) is 16.2. The minimum Gasteiger partial charge on any atom is -0.457 e. The molecule has 0 spiro atoms. The zero-order chi connectivity index (χ0) is 22.7. The van der Waals surface area contributed by atoms with Gasteiger partial charge in [-0.05, 0) is 37.3 Å². The van der Waals surface area contributed by atoms with Crippen molar-refractivity contribution < 1.29 is 41.2 Å². The van der Waals surface area contributed by atoms with Gasteiger partial charge in [-0.15, -0.1) is 13.2 Å². The SMILES string of the molecule is CCNc1cc(Oc2ccc(OC(F)(F)F)cc2)ccc1[N+](=O)[O-].CO[PH](=O)OC. The van der Waals surface area contributed by atoms with E-state index in [0.717, 1.165) is 12.1 Å². The lowest BCUT2D eigenvalue weighted by Crippen LogP contribution is -2.16.